The Morgan fingerprint density at radius 1 is 1.44 bits per heavy atom. The van der Waals surface area contributed by atoms with Crippen molar-refractivity contribution in [3.63, 3.8) is 0 Å². The molecule has 0 amide bonds. The lowest BCUT2D eigenvalue weighted by Gasteiger charge is -2.03. The monoisotopic (exact) mass is 218 g/mol. The Labute approximate surface area is 94.7 Å². The molecule has 16 heavy (non-hydrogen) atoms. The van der Waals surface area contributed by atoms with Gasteiger partial charge in [0.2, 0.25) is 0 Å². The molecule has 0 unspecified atom stereocenters. The molecule has 2 rings (SSSR count). The summed E-state index contributed by atoms with van der Waals surface area (Å²) in [5, 5.41) is 0. The molecular formula is C13H14O3. The van der Waals surface area contributed by atoms with Crippen LogP contribution in [0.4, 0.5) is 0 Å². The number of esters is 1. The highest BCUT2D eigenvalue weighted by atomic mass is 16.5. The molecule has 3 nitrogen and oxygen atoms in total. The number of fused-ring (bicyclic) bond motifs is 1. The molecule has 0 aliphatic heterocycles. The molecule has 0 fully saturated rings. The Balaban J connectivity index is 2.08. The van der Waals surface area contributed by atoms with E-state index in [4.69, 9.17) is 9.47 Å². The molecule has 0 saturated heterocycles. The number of benzene rings is 1. The van der Waals surface area contributed by atoms with Gasteiger partial charge in [0.15, 0.2) is 0 Å². The molecule has 0 spiro atoms. The molecule has 3 heteroatoms. The summed E-state index contributed by atoms with van der Waals surface area (Å²) < 4.78 is 10.1. The van der Waals surface area contributed by atoms with Crippen LogP contribution in [0.25, 0.3) is 6.08 Å². The van der Waals surface area contributed by atoms with Crippen LogP contribution in [0.2, 0.25) is 0 Å². The summed E-state index contributed by atoms with van der Waals surface area (Å²) in [7, 11) is 1.66. The lowest BCUT2D eigenvalue weighted by molar-refractivity contribution is -0.139. The number of ether oxygens (including phenoxy) is 2. The van der Waals surface area contributed by atoms with Gasteiger partial charge in [0.05, 0.1) is 7.11 Å². The first-order chi connectivity index (χ1) is 7.69. The molecule has 0 aromatic heterocycles. The quantitative estimate of drug-likeness (QED) is 0.729. The Bertz CT molecular complexity index is 446. The Kier molecular flexibility index (Phi) is 2.95. The van der Waals surface area contributed by atoms with Gasteiger partial charge < -0.3 is 9.47 Å². The second kappa shape index (κ2) is 4.39. The minimum absolute atomic E-state index is 0.241. The van der Waals surface area contributed by atoms with Crippen LogP contribution >= 0.6 is 0 Å². The lowest BCUT2D eigenvalue weighted by atomic mass is 10.1. The van der Waals surface area contributed by atoms with Gasteiger partial charge in [-0.2, -0.15) is 0 Å². The van der Waals surface area contributed by atoms with Gasteiger partial charge in [-0.3, -0.25) is 4.79 Å². The van der Waals surface area contributed by atoms with E-state index < -0.39 is 0 Å². The van der Waals surface area contributed by atoms with Crippen molar-refractivity contribution < 1.29 is 14.3 Å². The molecule has 0 bridgehead atoms. The summed E-state index contributed by atoms with van der Waals surface area (Å²) in [5.74, 6) is 0.621. The summed E-state index contributed by atoms with van der Waals surface area (Å²) in [6, 6.07) is 5.98. The molecule has 0 radical (unpaired) electrons. The van der Waals surface area contributed by atoms with E-state index in [1.807, 2.05) is 18.2 Å². The maximum atomic E-state index is 10.7. The van der Waals surface area contributed by atoms with Crippen LogP contribution in [-0.4, -0.2) is 19.7 Å². The second-order valence-electron chi connectivity index (χ2n) is 3.82. The van der Waals surface area contributed by atoms with Crippen LogP contribution in [0, 0.1) is 0 Å². The van der Waals surface area contributed by atoms with Crippen LogP contribution in [-0.2, 0) is 16.0 Å². The van der Waals surface area contributed by atoms with Crippen molar-refractivity contribution in [3.05, 3.63) is 34.9 Å². The van der Waals surface area contributed by atoms with E-state index in [-0.39, 0.29) is 5.97 Å². The highest BCUT2D eigenvalue weighted by molar-refractivity contribution is 5.68. The van der Waals surface area contributed by atoms with Crippen LogP contribution < -0.4 is 4.74 Å². The number of carbonyl (C=O) groups is 1. The molecule has 1 aromatic carbocycles. The zero-order valence-corrected chi connectivity index (χ0v) is 9.45. The molecule has 0 atom stereocenters. The first kappa shape index (κ1) is 10.7. The third-order valence-electron chi connectivity index (χ3n) is 2.59. The van der Waals surface area contributed by atoms with E-state index in [0.717, 1.165) is 17.7 Å². The molecule has 84 valence electrons. The third kappa shape index (κ3) is 2.24. The summed E-state index contributed by atoms with van der Waals surface area (Å²) in [4.78, 5) is 10.7. The predicted molar refractivity (Wildman–Crippen MR) is 61.3 cm³/mol. The Hall–Kier alpha value is -1.77. The van der Waals surface area contributed by atoms with Crippen LogP contribution in [0.3, 0.4) is 0 Å². The average molecular weight is 218 g/mol. The van der Waals surface area contributed by atoms with Crippen molar-refractivity contribution in [2.45, 2.75) is 13.3 Å². The van der Waals surface area contributed by atoms with Gasteiger partial charge in [0, 0.05) is 6.92 Å². The Morgan fingerprint density at radius 2 is 2.25 bits per heavy atom. The van der Waals surface area contributed by atoms with Crippen molar-refractivity contribution in [1.82, 2.24) is 0 Å². The van der Waals surface area contributed by atoms with E-state index >= 15 is 0 Å². The molecule has 1 aromatic rings. The Morgan fingerprint density at radius 3 is 2.94 bits per heavy atom. The first-order valence-electron chi connectivity index (χ1n) is 5.19. The smallest absolute Gasteiger partial charge is 0.302 e. The molecule has 0 heterocycles. The van der Waals surface area contributed by atoms with E-state index in [1.54, 1.807) is 7.11 Å². The minimum atomic E-state index is -0.241. The van der Waals surface area contributed by atoms with E-state index in [9.17, 15) is 4.79 Å². The summed E-state index contributed by atoms with van der Waals surface area (Å²) in [5.41, 5.74) is 3.53. The van der Waals surface area contributed by atoms with Gasteiger partial charge in [-0.05, 0) is 35.3 Å². The average Bonchev–Trinajstić information content (AvgIpc) is 2.67. The highest BCUT2D eigenvalue weighted by Gasteiger charge is 2.14. The van der Waals surface area contributed by atoms with Crippen molar-refractivity contribution in [1.29, 1.82) is 0 Å². The van der Waals surface area contributed by atoms with Crippen molar-refractivity contribution in [2.24, 2.45) is 0 Å². The number of hydrogen-bond donors (Lipinski definition) is 0. The first-order valence-corrected chi connectivity index (χ1v) is 5.19. The number of methoxy groups -OCH3 is 1. The molecule has 0 N–H and O–H groups in total. The fraction of sp³-hybridized carbons (Fsp3) is 0.308. The largest absolute Gasteiger partial charge is 0.497 e. The van der Waals surface area contributed by atoms with Gasteiger partial charge in [0.1, 0.15) is 12.4 Å². The maximum Gasteiger partial charge on any atom is 0.302 e. The second-order valence-corrected chi connectivity index (χ2v) is 3.82. The van der Waals surface area contributed by atoms with Crippen LogP contribution in [0.1, 0.15) is 18.1 Å². The topological polar surface area (TPSA) is 35.5 Å². The van der Waals surface area contributed by atoms with Crippen molar-refractivity contribution >= 4 is 12.0 Å². The minimum Gasteiger partial charge on any atom is -0.497 e. The molecule has 1 aliphatic carbocycles. The summed E-state index contributed by atoms with van der Waals surface area (Å²) in [6.07, 6.45) is 2.90. The zero-order valence-electron chi connectivity index (χ0n) is 9.45. The third-order valence-corrected chi connectivity index (χ3v) is 2.59. The maximum absolute atomic E-state index is 10.7. The van der Waals surface area contributed by atoms with Gasteiger partial charge in [-0.25, -0.2) is 0 Å². The highest BCUT2D eigenvalue weighted by Crippen LogP contribution is 2.28. The summed E-state index contributed by atoms with van der Waals surface area (Å²) >= 11 is 0. The SMILES string of the molecule is COc1ccc2c(c1)CC(COC(C)=O)=C2. The van der Waals surface area contributed by atoms with Gasteiger partial charge in [0.25, 0.3) is 0 Å². The van der Waals surface area contributed by atoms with Crippen molar-refractivity contribution in [3.8, 4) is 5.75 Å². The molecule has 1 aliphatic rings. The van der Waals surface area contributed by atoms with Gasteiger partial charge in [-0.15, -0.1) is 0 Å². The molecule has 0 saturated carbocycles. The zero-order chi connectivity index (χ0) is 11.5. The molecular weight excluding hydrogens is 204 g/mol. The van der Waals surface area contributed by atoms with E-state index in [0.29, 0.717) is 6.61 Å². The lowest BCUT2D eigenvalue weighted by Crippen LogP contribution is -2.03. The van der Waals surface area contributed by atoms with E-state index in [2.05, 4.69) is 6.08 Å². The number of hydrogen-bond acceptors (Lipinski definition) is 3. The fourth-order valence-electron chi connectivity index (χ4n) is 1.81. The fourth-order valence-corrected chi connectivity index (χ4v) is 1.81. The normalized spacial score (nSPS) is 13.0. The van der Waals surface area contributed by atoms with Crippen molar-refractivity contribution in [2.75, 3.05) is 13.7 Å². The summed E-state index contributed by atoms with van der Waals surface area (Å²) in [6.45, 7) is 1.80. The predicted octanol–water partition coefficient (Wildman–Crippen LogP) is 2.20. The van der Waals surface area contributed by atoms with Crippen LogP contribution in [0.15, 0.2) is 23.8 Å². The van der Waals surface area contributed by atoms with Crippen LogP contribution in [0.5, 0.6) is 5.75 Å². The standard InChI is InChI=1S/C13H14O3/c1-9(14)16-8-10-5-11-3-4-13(15-2)7-12(11)6-10/h3-5,7H,6,8H2,1-2H3. The van der Waals surface area contributed by atoms with Gasteiger partial charge >= 0.3 is 5.97 Å². The number of carbonyl (C=O) groups excluding carboxylic acids is 1. The van der Waals surface area contributed by atoms with Gasteiger partial charge in [-0.1, -0.05) is 12.1 Å². The number of rotatable bonds is 3. The van der Waals surface area contributed by atoms with E-state index in [1.165, 1.54) is 18.1 Å².